The van der Waals surface area contributed by atoms with Crippen molar-refractivity contribution < 1.29 is 4.92 Å². The van der Waals surface area contributed by atoms with Gasteiger partial charge in [0.1, 0.15) is 5.82 Å². The Balaban J connectivity index is 1.51. The van der Waals surface area contributed by atoms with Crippen molar-refractivity contribution in [3.63, 3.8) is 0 Å². The number of nitro benzene ring substituents is 1. The molecule has 2 aliphatic rings. The molecule has 0 atom stereocenters. The van der Waals surface area contributed by atoms with Gasteiger partial charge in [0.15, 0.2) is 0 Å². The Morgan fingerprint density at radius 2 is 2.07 bits per heavy atom. The summed E-state index contributed by atoms with van der Waals surface area (Å²) in [6.45, 7) is 3.85. The highest BCUT2D eigenvalue weighted by molar-refractivity contribution is 5.43. The van der Waals surface area contributed by atoms with E-state index in [0.717, 1.165) is 54.0 Å². The van der Waals surface area contributed by atoms with E-state index in [1.54, 1.807) is 6.07 Å². The number of rotatable bonds is 5. The van der Waals surface area contributed by atoms with Crippen molar-refractivity contribution in [1.29, 1.82) is 0 Å². The molecule has 2 heterocycles. The highest BCUT2D eigenvalue weighted by Gasteiger charge is 2.25. The number of benzene rings is 1. The molecular formula is C22H28N4O3. The maximum atomic E-state index is 12.7. The van der Waals surface area contributed by atoms with Crippen LogP contribution in [0.15, 0.2) is 23.0 Å². The summed E-state index contributed by atoms with van der Waals surface area (Å²) >= 11 is 0. The summed E-state index contributed by atoms with van der Waals surface area (Å²) in [5.74, 6) is 1.25. The Labute approximate surface area is 170 Å². The molecule has 1 aromatic heterocycles. The normalized spacial score (nSPS) is 17.8. The van der Waals surface area contributed by atoms with Crippen LogP contribution in [0.2, 0.25) is 0 Å². The standard InChI is InChI=1S/C22H28N4O3/c1-2-16-9-8-15(12-20(16)26(28)29)13-25-11-10-19-18(14-25)22(27)24-21(23-19)17-6-4-3-5-7-17/h8-9,12,17H,2-7,10-11,13-14H2,1H3,(H,23,24,27). The van der Waals surface area contributed by atoms with Gasteiger partial charge in [0.25, 0.3) is 11.2 Å². The summed E-state index contributed by atoms with van der Waals surface area (Å²) in [6, 6.07) is 5.47. The predicted octanol–water partition coefficient (Wildman–Crippen LogP) is 3.85. The molecule has 0 saturated heterocycles. The fraction of sp³-hybridized carbons (Fsp3) is 0.545. The van der Waals surface area contributed by atoms with Crippen molar-refractivity contribution in [3.8, 4) is 0 Å². The molecule has 29 heavy (non-hydrogen) atoms. The zero-order chi connectivity index (χ0) is 20.4. The summed E-state index contributed by atoms with van der Waals surface area (Å²) in [6.07, 6.45) is 7.30. The fourth-order valence-corrected chi connectivity index (χ4v) is 4.64. The minimum atomic E-state index is -0.310. The van der Waals surface area contributed by atoms with Gasteiger partial charge in [-0.05, 0) is 24.8 Å². The molecule has 1 saturated carbocycles. The SMILES string of the molecule is CCc1ccc(CN2CCc3nc(C4CCCCC4)[nH]c(=O)c3C2)cc1[N+](=O)[O-]. The molecule has 0 radical (unpaired) electrons. The third kappa shape index (κ3) is 4.24. The number of nitrogens with one attached hydrogen (secondary N) is 1. The number of nitrogens with zero attached hydrogens (tertiary/aromatic N) is 3. The first kappa shape index (κ1) is 19.8. The molecule has 7 heteroatoms. The van der Waals surface area contributed by atoms with Gasteiger partial charge in [0.05, 0.1) is 16.2 Å². The van der Waals surface area contributed by atoms with E-state index in [1.165, 1.54) is 19.3 Å². The molecule has 0 spiro atoms. The van der Waals surface area contributed by atoms with Gasteiger partial charge in [-0.3, -0.25) is 19.8 Å². The second kappa shape index (κ2) is 8.45. The zero-order valence-corrected chi connectivity index (χ0v) is 16.9. The number of hydrogen-bond acceptors (Lipinski definition) is 5. The molecule has 0 amide bonds. The molecule has 1 N–H and O–H groups in total. The van der Waals surface area contributed by atoms with E-state index in [4.69, 9.17) is 4.98 Å². The van der Waals surface area contributed by atoms with Crippen LogP contribution in [0, 0.1) is 10.1 Å². The average molecular weight is 396 g/mol. The lowest BCUT2D eigenvalue weighted by Gasteiger charge is -2.29. The van der Waals surface area contributed by atoms with Crippen LogP contribution in [0.4, 0.5) is 5.69 Å². The molecule has 7 nitrogen and oxygen atoms in total. The van der Waals surface area contributed by atoms with Gasteiger partial charge >= 0.3 is 0 Å². The van der Waals surface area contributed by atoms with E-state index in [9.17, 15) is 14.9 Å². The van der Waals surface area contributed by atoms with Gasteiger partial charge in [-0.2, -0.15) is 0 Å². The van der Waals surface area contributed by atoms with E-state index in [-0.39, 0.29) is 16.2 Å². The average Bonchev–Trinajstić information content (AvgIpc) is 2.74. The smallest absolute Gasteiger partial charge is 0.272 e. The van der Waals surface area contributed by atoms with E-state index in [2.05, 4.69) is 9.88 Å². The van der Waals surface area contributed by atoms with Crippen LogP contribution in [0.1, 0.15) is 73.2 Å². The number of nitro groups is 1. The van der Waals surface area contributed by atoms with E-state index >= 15 is 0 Å². The zero-order valence-electron chi connectivity index (χ0n) is 16.9. The predicted molar refractivity (Wildman–Crippen MR) is 111 cm³/mol. The molecule has 4 rings (SSSR count). The van der Waals surface area contributed by atoms with Crippen LogP contribution in [0.5, 0.6) is 0 Å². The summed E-state index contributed by atoms with van der Waals surface area (Å²) < 4.78 is 0. The Kier molecular flexibility index (Phi) is 5.76. The first-order valence-corrected chi connectivity index (χ1v) is 10.7. The van der Waals surface area contributed by atoms with Crippen LogP contribution in [0.25, 0.3) is 0 Å². The van der Waals surface area contributed by atoms with Crippen LogP contribution in [-0.2, 0) is 25.9 Å². The Hall–Kier alpha value is -2.54. The van der Waals surface area contributed by atoms with Gasteiger partial charge in [-0.1, -0.05) is 38.3 Å². The van der Waals surface area contributed by atoms with Gasteiger partial charge in [0.2, 0.25) is 0 Å². The van der Waals surface area contributed by atoms with Gasteiger partial charge in [-0.25, -0.2) is 4.98 Å². The number of aromatic nitrogens is 2. The Morgan fingerprint density at radius 1 is 1.28 bits per heavy atom. The second-order valence-corrected chi connectivity index (χ2v) is 8.25. The van der Waals surface area contributed by atoms with Crippen molar-refractivity contribution in [2.24, 2.45) is 0 Å². The number of aromatic amines is 1. The van der Waals surface area contributed by atoms with Gasteiger partial charge < -0.3 is 4.98 Å². The highest BCUT2D eigenvalue weighted by atomic mass is 16.6. The van der Waals surface area contributed by atoms with E-state index in [0.29, 0.717) is 25.4 Å². The summed E-state index contributed by atoms with van der Waals surface area (Å²) in [7, 11) is 0. The molecule has 154 valence electrons. The molecule has 1 fully saturated rings. The summed E-state index contributed by atoms with van der Waals surface area (Å²) in [5, 5.41) is 11.3. The third-order valence-electron chi connectivity index (χ3n) is 6.29. The number of hydrogen-bond donors (Lipinski definition) is 1. The minimum Gasteiger partial charge on any atom is -0.310 e. The van der Waals surface area contributed by atoms with Gasteiger partial charge in [0, 0.05) is 43.6 Å². The lowest BCUT2D eigenvalue weighted by molar-refractivity contribution is -0.385. The monoisotopic (exact) mass is 396 g/mol. The van der Waals surface area contributed by atoms with E-state index < -0.39 is 0 Å². The molecule has 0 unspecified atom stereocenters. The van der Waals surface area contributed by atoms with E-state index in [1.807, 2.05) is 19.1 Å². The Bertz CT molecular complexity index is 963. The van der Waals surface area contributed by atoms with Crippen LogP contribution in [-0.4, -0.2) is 26.3 Å². The molecule has 1 aliphatic carbocycles. The first-order chi connectivity index (χ1) is 14.0. The maximum Gasteiger partial charge on any atom is 0.272 e. The maximum absolute atomic E-state index is 12.7. The first-order valence-electron chi connectivity index (χ1n) is 10.7. The van der Waals surface area contributed by atoms with Crippen molar-refractivity contribution in [2.45, 2.75) is 70.9 Å². The second-order valence-electron chi connectivity index (χ2n) is 8.25. The van der Waals surface area contributed by atoms with Crippen molar-refractivity contribution in [3.05, 3.63) is 66.9 Å². The van der Waals surface area contributed by atoms with Crippen LogP contribution in [0.3, 0.4) is 0 Å². The third-order valence-corrected chi connectivity index (χ3v) is 6.29. The molecular weight excluding hydrogens is 368 g/mol. The largest absolute Gasteiger partial charge is 0.310 e. The highest BCUT2D eigenvalue weighted by Crippen LogP contribution is 2.31. The fourth-order valence-electron chi connectivity index (χ4n) is 4.64. The van der Waals surface area contributed by atoms with Crippen LogP contribution >= 0.6 is 0 Å². The van der Waals surface area contributed by atoms with Crippen molar-refractivity contribution in [2.75, 3.05) is 6.54 Å². The molecule has 1 aliphatic heterocycles. The van der Waals surface area contributed by atoms with Crippen molar-refractivity contribution in [1.82, 2.24) is 14.9 Å². The lowest BCUT2D eigenvalue weighted by Crippen LogP contribution is -2.36. The lowest BCUT2D eigenvalue weighted by atomic mass is 9.88. The molecule has 2 aromatic rings. The number of fused-ring (bicyclic) bond motifs is 1. The molecule has 0 bridgehead atoms. The Morgan fingerprint density at radius 3 is 2.79 bits per heavy atom. The number of H-pyrrole nitrogens is 1. The van der Waals surface area contributed by atoms with Gasteiger partial charge in [-0.15, -0.1) is 0 Å². The number of aryl methyl sites for hydroxylation is 1. The van der Waals surface area contributed by atoms with Crippen molar-refractivity contribution >= 4 is 5.69 Å². The topological polar surface area (TPSA) is 92.1 Å². The molecule has 1 aromatic carbocycles. The summed E-state index contributed by atoms with van der Waals surface area (Å²) in [4.78, 5) is 33.8. The quantitative estimate of drug-likeness (QED) is 0.612. The summed E-state index contributed by atoms with van der Waals surface area (Å²) in [5.41, 5.74) is 3.49. The van der Waals surface area contributed by atoms with Crippen LogP contribution < -0.4 is 5.56 Å². The minimum absolute atomic E-state index is 0.0208.